The van der Waals surface area contributed by atoms with Crippen molar-refractivity contribution in [2.45, 2.75) is 13.0 Å². The summed E-state index contributed by atoms with van der Waals surface area (Å²) in [5.41, 5.74) is 0.867. The van der Waals surface area contributed by atoms with Crippen molar-refractivity contribution in [3.05, 3.63) is 36.4 Å². The summed E-state index contributed by atoms with van der Waals surface area (Å²) in [6, 6.07) is 12.0. The number of nitrogens with zero attached hydrogens (tertiary/aromatic N) is 1. The Kier molecular flexibility index (Phi) is 2.08. The first-order valence-corrected chi connectivity index (χ1v) is 5.64. The van der Waals surface area contributed by atoms with Crippen molar-refractivity contribution in [2.75, 3.05) is 11.9 Å². The van der Waals surface area contributed by atoms with Gasteiger partial charge < -0.3 is 9.64 Å². The molecule has 1 aliphatic heterocycles. The highest BCUT2D eigenvalue weighted by Gasteiger charge is 2.29. The van der Waals surface area contributed by atoms with Gasteiger partial charge in [-0.05, 0) is 18.4 Å². The largest absolute Gasteiger partial charge is 0.479 e. The molecule has 86 valence electrons. The van der Waals surface area contributed by atoms with Crippen LogP contribution in [-0.4, -0.2) is 19.1 Å². The van der Waals surface area contributed by atoms with Crippen molar-refractivity contribution in [2.24, 2.45) is 0 Å². The third-order valence-corrected chi connectivity index (χ3v) is 3.18. The van der Waals surface area contributed by atoms with Gasteiger partial charge in [0.1, 0.15) is 5.75 Å². The van der Waals surface area contributed by atoms with Gasteiger partial charge in [-0.25, -0.2) is 0 Å². The summed E-state index contributed by atoms with van der Waals surface area (Å²) in [5.74, 6) is 0.771. The highest BCUT2D eigenvalue weighted by atomic mass is 16.5. The van der Waals surface area contributed by atoms with Crippen LogP contribution in [0, 0.1) is 0 Å². The molecule has 1 aliphatic rings. The number of rotatable bonds is 0. The molecule has 17 heavy (non-hydrogen) atoms. The van der Waals surface area contributed by atoms with E-state index in [1.165, 1.54) is 0 Å². The van der Waals surface area contributed by atoms with Crippen LogP contribution in [-0.2, 0) is 4.79 Å². The predicted octanol–water partition coefficient (Wildman–Crippen LogP) is 2.58. The summed E-state index contributed by atoms with van der Waals surface area (Å²) in [4.78, 5) is 13.6. The second kappa shape index (κ2) is 3.48. The summed E-state index contributed by atoms with van der Waals surface area (Å²) < 4.78 is 5.63. The number of amides is 1. The van der Waals surface area contributed by atoms with Crippen LogP contribution in [0.1, 0.15) is 6.92 Å². The first-order chi connectivity index (χ1) is 8.18. The van der Waals surface area contributed by atoms with Crippen molar-refractivity contribution < 1.29 is 9.53 Å². The zero-order chi connectivity index (χ0) is 12.0. The molecular formula is C14H13NO2. The molecular weight excluding hydrogens is 214 g/mol. The fraction of sp³-hybridized carbons (Fsp3) is 0.214. The SMILES string of the molecule is CC1Oc2ccc3ccccc3c2N(C)C1=O. The lowest BCUT2D eigenvalue weighted by atomic mass is 10.1. The molecule has 2 aromatic rings. The first kappa shape index (κ1) is 10.1. The van der Waals surface area contributed by atoms with Crippen LogP contribution in [0.4, 0.5) is 5.69 Å². The standard InChI is InChI=1S/C14H13NO2/c1-9-14(16)15(2)13-11-6-4-3-5-10(11)7-8-12(13)17-9/h3-9H,1-2H3. The number of hydrogen-bond donors (Lipinski definition) is 0. The Hall–Kier alpha value is -2.03. The summed E-state index contributed by atoms with van der Waals surface area (Å²) in [7, 11) is 1.80. The first-order valence-electron chi connectivity index (χ1n) is 5.64. The summed E-state index contributed by atoms with van der Waals surface area (Å²) >= 11 is 0. The van der Waals surface area contributed by atoms with Crippen molar-refractivity contribution in [1.82, 2.24) is 0 Å². The minimum absolute atomic E-state index is 0.00569. The van der Waals surface area contributed by atoms with E-state index in [1.807, 2.05) is 36.4 Å². The number of hydrogen-bond acceptors (Lipinski definition) is 2. The van der Waals surface area contributed by atoms with Crippen LogP contribution in [0.2, 0.25) is 0 Å². The Labute approximate surface area is 99.6 Å². The molecule has 1 heterocycles. The van der Waals surface area contributed by atoms with Crippen LogP contribution >= 0.6 is 0 Å². The quantitative estimate of drug-likeness (QED) is 0.692. The zero-order valence-corrected chi connectivity index (χ0v) is 9.81. The van der Waals surface area contributed by atoms with E-state index < -0.39 is 6.10 Å². The highest BCUT2D eigenvalue weighted by molar-refractivity contribution is 6.08. The number of ether oxygens (including phenoxy) is 1. The molecule has 0 spiro atoms. The molecule has 1 unspecified atom stereocenters. The number of likely N-dealkylation sites (N-methyl/N-ethyl adjacent to an activating group) is 1. The van der Waals surface area contributed by atoms with Crippen molar-refractivity contribution >= 4 is 22.4 Å². The molecule has 0 radical (unpaired) electrons. The van der Waals surface area contributed by atoms with E-state index in [2.05, 4.69) is 0 Å². The lowest BCUT2D eigenvalue weighted by molar-refractivity contribution is -0.125. The molecule has 0 aliphatic carbocycles. The normalized spacial score (nSPS) is 19.1. The Morgan fingerprint density at radius 1 is 1.18 bits per heavy atom. The molecule has 1 atom stereocenters. The maximum atomic E-state index is 11.9. The third-order valence-electron chi connectivity index (χ3n) is 3.18. The van der Waals surface area contributed by atoms with E-state index in [0.29, 0.717) is 0 Å². The molecule has 0 aromatic heterocycles. The maximum absolute atomic E-state index is 11.9. The Morgan fingerprint density at radius 3 is 2.76 bits per heavy atom. The van der Waals surface area contributed by atoms with Gasteiger partial charge in [-0.1, -0.05) is 30.3 Å². The number of benzene rings is 2. The number of anilines is 1. The van der Waals surface area contributed by atoms with Gasteiger partial charge in [0.15, 0.2) is 6.10 Å². The second-order valence-electron chi connectivity index (χ2n) is 4.29. The Morgan fingerprint density at radius 2 is 1.94 bits per heavy atom. The van der Waals surface area contributed by atoms with Crippen LogP contribution < -0.4 is 9.64 Å². The molecule has 0 fully saturated rings. The lowest BCUT2D eigenvalue weighted by Gasteiger charge is -2.31. The zero-order valence-electron chi connectivity index (χ0n) is 9.81. The molecule has 0 saturated heterocycles. The minimum Gasteiger partial charge on any atom is -0.479 e. The summed E-state index contributed by atoms with van der Waals surface area (Å²) in [5, 5.41) is 2.16. The smallest absolute Gasteiger partial charge is 0.267 e. The monoisotopic (exact) mass is 227 g/mol. The average Bonchev–Trinajstić information content (AvgIpc) is 2.35. The fourth-order valence-electron chi connectivity index (χ4n) is 2.30. The minimum atomic E-state index is -0.409. The van der Waals surface area contributed by atoms with E-state index in [-0.39, 0.29) is 5.91 Å². The van der Waals surface area contributed by atoms with Gasteiger partial charge in [0.2, 0.25) is 0 Å². The number of fused-ring (bicyclic) bond motifs is 3. The molecule has 3 nitrogen and oxygen atoms in total. The van der Waals surface area contributed by atoms with Gasteiger partial charge >= 0.3 is 0 Å². The van der Waals surface area contributed by atoms with Crippen LogP contribution in [0.3, 0.4) is 0 Å². The fourth-order valence-corrected chi connectivity index (χ4v) is 2.30. The molecule has 0 saturated carbocycles. The van der Waals surface area contributed by atoms with Gasteiger partial charge in [-0.15, -0.1) is 0 Å². The molecule has 2 aromatic carbocycles. The summed E-state index contributed by atoms with van der Waals surface area (Å²) in [6.45, 7) is 1.77. The number of carbonyl (C=O) groups is 1. The molecule has 3 heteroatoms. The lowest BCUT2D eigenvalue weighted by Crippen LogP contribution is -2.42. The third kappa shape index (κ3) is 1.39. The van der Waals surface area contributed by atoms with E-state index in [9.17, 15) is 4.79 Å². The topological polar surface area (TPSA) is 29.5 Å². The molecule has 3 rings (SSSR count). The highest BCUT2D eigenvalue weighted by Crippen LogP contribution is 2.39. The van der Waals surface area contributed by atoms with E-state index in [0.717, 1.165) is 22.2 Å². The van der Waals surface area contributed by atoms with Crippen LogP contribution in [0.25, 0.3) is 10.8 Å². The van der Waals surface area contributed by atoms with Gasteiger partial charge in [0.25, 0.3) is 5.91 Å². The van der Waals surface area contributed by atoms with Crippen LogP contribution in [0.15, 0.2) is 36.4 Å². The second-order valence-corrected chi connectivity index (χ2v) is 4.29. The van der Waals surface area contributed by atoms with Crippen molar-refractivity contribution in [1.29, 1.82) is 0 Å². The van der Waals surface area contributed by atoms with Gasteiger partial charge in [-0.3, -0.25) is 4.79 Å². The summed E-state index contributed by atoms with van der Waals surface area (Å²) in [6.07, 6.45) is -0.409. The van der Waals surface area contributed by atoms with E-state index in [1.54, 1.807) is 18.9 Å². The maximum Gasteiger partial charge on any atom is 0.267 e. The van der Waals surface area contributed by atoms with Crippen molar-refractivity contribution in [3.8, 4) is 5.75 Å². The average molecular weight is 227 g/mol. The Balaban J connectivity index is 2.32. The van der Waals surface area contributed by atoms with Gasteiger partial charge in [-0.2, -0.15) is 0 Å². The Bertz CT molecular complexity index is 606. The molecule has 0 bridgehead atoms. The molecule has 0 N–H and O–H groups in total. The van der Waals surface area contributed by atoms with E-state index >= 15 is 0 Å². The van der Waals surface area contributed by atoms with Crippen molar-refractivity contribution in [3.63, 3.8) is 0 Å². The molecule has 1 amide bonds. The van der Waals surface area contributed by atoms with E-state index in [4.69, 9.17) is 4.74 Å². The van der Waals surface area contributed by atoms with Gasteiger partial charge in [0.05, 0.1) is 5.69 Å². The number of carbonyl (C=O) groups excluding carboxylic acids is 1. The predicted molar refractivity (Wildman–Crippen MR) is 67.4 cm³/mol. The van der Waals surface area contributed by atoms with Gasteiger partial charge in [0, 0.05) is 12.4 Å². The van der Waals surface area contributed by atoms with Crippen LogP contribution in [0.5, 0.6) is 5.75 Å².